The molecule has 1 N–H and O–H groups in total. The predicted octanol–water partition coefficient (Wildman–Crippen LogP) is 4.17. The summed E-state index contributed by atoms with van der Waals surface area (Å²) in [6, 6.07) is 14.4. The topological polar surface area (TPSA) is 77.7 Å². The molecular weight excluding hydrogens is 537 g/mol. The Morgan fingerprint density at radius 1 is 0.854 bits per heavy atom. The Morgan fingerprint density at radius 3 is 1.95 bits per heavy atom. The molecule has 1 fully saturated rings. The molecule has 0 aliphatic carbocycles. The third-order valence-electron chi connectivity index (χ3n) is 8.21. The smallest absolute Gasteiger partial charge is 0.378 e. The van der Waals surface area contributed by atoms with Crippen LogP contribution in [0.4, 0.5) is 13.2 Å². The number of alkyl halides is 3. The van der Waals surface area contributed by atoms with Gasteiger partial charge in [0.15, 0.2) is 0 Å². The number of carbonyl (C=O) groups excluding carboxylic acids is 2. The SMILES string of the molecule is O=C1NC(=O)C2=C1c1cn(c3ccccc13)CCOC(CN(C1COC1)C(F)(F)F)CCn1cc2c2ccccc21. The van der Waals surface area contributed by atoms with Crippen LogP contribution < -0.4 is 5.32 Å². The molecule has 5 heterocycles. The summed E-state index contributed by atoms with van der Waals surface area (Å²) in [5, 5.41) is 4.07. The minimum absolute atomic E-state index is 0.0359. The molecule has 2 aromatic carbocycles. The number of amides is 2. The summed E-state index contributed by atoms with van der Waals surface area (Å²) in [4.78, 5) is 27.0. The molecule has 1 saturated heterocycles. The monoisotopic (exact) mass is 564 g/mol. The van der Waals surface area contributed by atoms with E-state index in [2.05, 4.69) is 5.32 Å². The first kappa shape index (κ1) is 26.0. The number of halogens is 3. The molecule has 8 nitrogen and oxygen atoms in total. The fourth-order valence-corrected chi connectivity index (χ4v) is 6.14. The van der Waals surface area contributed by atoms with Crippen LogP contribution in [0.3, 0.4) is 0 Å². The number of nitrogens with zero attached hydrogens (tertiary/aromatic N) is 3. The summed E-state index contributed by atoms with van der Waals surface area (Å²) in [6.45, 7) is 0.656. The minimum Gasteiger partial charge on any atom is -0.378 e. The summed E-state index contributed by atoms with van der Waals surface area (Å²) in [6.07, 6.45) is -1.26. The van der Waals surface area contributed by atoms with E-state index in [-0.39, 0.29) is 26.4 Å². The van der Waals surface area contributed by atoms with E-state index in [9.17, 15) is 22.8 Å². The molecule has 1 atom stereocenters. The highest BCUT2D eigenvalue weighted by molar-refractivity contribution is 6.50. The van der Waals surface area contributed by atoms with E-state index in [1.165, 1.54) is 0 Å². The van der Waals surface area contributed by atoms with E-state index in [0.717, 1.165) is 21.8 Å². The first-order chi connectivity index (χ1) is 19.8. The zero-order chi connectivity index (χ0) is 28.3. The van der Waals surface area contributed by atoms with Crippen molar-refractivity contribution < 1.29 is 32.2 Å². The summed E-state index contributed by atoms with van der Waals surface area (Å²) >= 11 is 0. The molecule has 3 aliphatic heterocycles. The molecule has 7 rings (SSSR count). The first-order valence-electron chi connectivity index (χ1n) is 13.6. The Bertz CT molecular complexity index is 1720. The van der Waals surface area contributed by atoms with E-state index in [1.807, 2.05) is 70.1 Å². The molecule has 41 heavy (non-hydrogen) atoms. The van der Waals surface area contributed by atoms with Gasteiger partial charge in [0.25, 0.3) is 11.8 Å². The predicted molar refractivity (Wildman–Crippen MR) is 146 cm³/mol. The third kappa shape index (κ3) is 4.44. The van der Waals surface area contributed by atoms with Crippen molar-refractivity contribution in [1.82, 2.24) is 19.4 Å². The average Bonchev–Trinajstić information content (AvgIpc) is 3.55. The van der Waals surface area contributed by atoms with Crippen LogP contribution in [0.2, 0.25) is 0 Å². The van der Waals surface area contributed by atoms with Crippen LogP contribution in [0.5, 0.6) is 0 Å². The Labute approximate surface area is 232 Å². The highest BCUT2D eigenvalue weighted by Gasteiger charge is 2.45. The number of carbonyl (C=O) groups is 2. The quantitative estimate of drug-likeness (QED) is 0.299. The molecule has 1 unspecified atom stereocenters. The Hall–Kier alpha value is -3.93. The fourth-order valence-electron chi connectivity index (χ4n) is 6.14. The molecule has 4 bridgehead atoms. The highest BCUT2D eigenvalue weighted by Crippen LogP contribution is 2.39. The summed E-state index contributed by atoms with van der Waals surface area (Å²) < 4.78 is 57.2. The van der Waals surface area contributed by atoms with Crippen molar-refractivity contribution in [2.45, 2.75) is 38.0 Å². The summed E-state index contributed by atoms with van der Waals surface area (Å²) in [5.74, 6) is -0.929. The number of fused-ring (bicyclic) bond motifs is 12. The number of nitrogens with one attached hydrogen (secondary N) is 1. The molecule has 0 saturated carbocycles. The first-order valence-corrected chi connectivity index (χ1v) is 13.6. The second kappa shape index (κ2) is 9.86. The number of para-hydroxylation sites is 2. The van der Waals surface area contributed by atoms with Crippen molar-refractivity contribution in [3.05, 3.63) is 72.1 Å². The van der Waals surface area contributed by atoms with Crippen LogP contribution >= 0.6 is 0 Å². The zero-order valence-electron chi connectivity index (χ0n) is 22.0. The number of imide groups is 1. The maximum Gasteiger partial charge on any atom is 0.460 e. The number of ether oxygens (including phenoxy) is 2. The summed E-state index contributed by atoms with van der Waals surface area (Å²) in [5.41, 5.74) is 3.49. The van der Waals surface area contributed by atoms with Crippen LogP contribution in [0, 0.1) is 0 Å². The van der Waals surface area contributed by atoms with Crippen molar-refractivity contribution in [1.29, 1.82) is 0 Å². The second-order valence-electron chi connectivity index (χ2n) is 10.6. The zero-order valence-corrected chi connectivity index (χ0v) is 22.0. The van der Waals surface area contributed by atoms with E-state index in [0.29, 0.717) is 46.7 Å². The maximum absolute atomic E-state index is 14.0. The van der Waals surface area contributed by atoms with Gasteiger partial charge in [-0.15, -0.1) is 0 Å². The lowest BCUT2D eigenvalue weighted by Crippen LogP contribution is -2.57. The largest absolute Gasteiger partial charge is 0.460 e. The van der Waals surface area contributed by atoms with Gasteiger partial charge in [0.1, 0.15) is 0 Å². The fraction of sp³-hybridized carbons (Fsp3) is 0.333. The van der Waals surface area contributed by atoms with E-state index >= 15 is 0 Å². The van der Waals surface area contributed by atoms with Gasteiger partial charge >= 0.3 is 6.30 Å². The third-order valence-corrected chi connectivity index (χ3v) is 8.21. The number of aryl methyl sites for hydroxylation is 1. The van der Waals surface area contributed by atoms with Gasteiger partial charge in [-0.1, -0.05) is 36.4 Å². The summed E-state index contributed by atoms with van der Waals surface area (Å²) in [7, 11) is 0. The Balaban J connectivity index is 1.38. The molecule has 2 aromatic heterocycles. The van der Waals surface area contributed by atoms with Crippen molar-refractivity contribution in [2.75, 3.05) is 26.4 Å². The van der Waals surface area contributed by atoms with Crippen LogP contribution in [0.25, 0.3) is 33.0 Å². The van der Waals surface area contributed by atoms with Gasteiger partial charge in [-0.2, -0.15) is 13.2 Å². The van der Waals surface area contributed by atoms with Gasteiger partial charge in [0.2, 0.25) is 0 Å². The Morgan fingerprint density at radius 2 is 1.41 bits per heavy atom. The van der Waals surface area contributed by atoms with Gasteiger partial charge < -0.3 is 18.6 Å². The standard InChI is InChI=1S/C30H27F3N4O4/c31-30(32,33)37(18-16-40-17-18)13-19-9-10-35-14-22(20-5-1-3-7-24(20)35)26-27(29(39)34-28(26)38)23-15-36(11-12-41-19)25-8-4-2-6-21(23)25/h1-8,14-15,18-19H,9-13,16-17H2,(H,34,38,39). The van der Waals surface area contributed by atoms with Crippen molar-refractivity contribution in [2.24, 2.45) is 0 Å². The molecule has 11 heteroatoms. The number of rotatable bonds is 3. The van der Waals surface area contributed by atoms with Crippen LogP contribution in [-0.2, 0) is 32.2 Å². The highest BCUT2D eigenvalue weighted by atomic mass is 19.4. The molecule has 4 aromatic rings. The van der Waals surface area contributed by atoms with Gasteiger partial charge in [-0.3, -0.25) is 14.9 Å². The second-order valence-corrected chi connectivity index (χ2v) is 10.6. The average molecular weight is 565 g/mol. The molecule has 212 valence electrons. The van der Waals surface area contributed by atoms with Crippen LogP contribution in [-0.4, -0.2) is 70.7 Å². The van der Waals surface area contributed by atoms with E-state index < -0.39 is 30.3 Å². The van der Waals surface area contributed by atoms with E-state index in [4.69, 9.17) is 9.47 Å². The van der Waals surface area contributed by atoms with Crippen molar-refractivity contribution in [3.8, 4) is 0 Å². The number of aromatic nitrogens is 2. The van der Waals surface area contributed by atoms with Gasteiger partial charge in [-0.05, 0) is 18.6 Å². The molecule has 0 radical (unpaired) electrons. The van der Waals surface area contributed by atoms with Crippen LogP contribution in [0.15, 0.2) is 60.9 Å². The lowest BCUT2D eigenvalue weighted by Gasteiger charge is -2.39. The van der Waals surface area contributed by atoms with Crippen LogP contribution in [0.1, 0.15) is 17.5 Å². The van der Waals surface area contributed by atoms with Crippen molar-refractivity contribution >= 4 is 44.8 Å². The molecule has 3 aliphatic rings. The van der Waals surface area contributed by atoms with Gasteiger partial charge in [0.05, 0.1) is 43.1 Å². The van der Waals surface area contributed by atoms with Gasteiger partial charge in [-0.25, -0.2) is 4.90 Å². The van der Waals surface area contributed by atoms with Crippen molar-refractivity contribution in [3.63, 3.8) is 0 Å². The lowest BCUT2D eigenvalue weighted by molar-refractivity contribution is -0.288. The number of benzene rings is 2. The number of hydrogen-bond donors (Lipinski definition) is 1. The van der Waals surface area contributed by atoms with E-state index in [1.54, 1.807) is 0 Å². The molecular formula is C30H27F3N4O4. The molecule has 0 spiro atoms. The molecule has 2 amide bonds. The Kier molecular flexibility index (Phi) is 6.25. The maximum atomic E-state index is 14.0. The van der Waals surface area contributed by atoms with Gasteiger partial charge in [0, 0.05) is 65.0 Å². The minimum atomic E-state index is -4.51. The normalized spacial score (nSPS) is 20.4. The number of hydrogen-bond acceptors (Lipinski definition) is 5. The lowest BCUT2D eigenvalue weighted by atomic mass is 9.95.